The normalized spacial score (nSPS) is 19.8. The molecule has 0 aromatic carbocycles. The fourth-order valence-electron chi connectivity index (χ4n) is 3.70. The SMILES string of the molecule is CCNC(=NCCCC1CCCCC1)N1CCN(C(C)=O)CC1.I. The van der Waals surface area contributed by atoms with Gasteiger partial charge in [-0.05, 0) is 25.7 Å². The Kier molecular flexibility index (Phi) is 10.7. The minimum atomic E-state index is 0. The van der Waals surface area contributed by atoms with Crippen LogP contribution < -0.4 is 5.32 Å². The van der Waals surface area contributed by atoms with E-state index in [0.29, 0.717) is 0 Å². The smallest absolute Gasteiger partial charge is 0.219 e. The van der Waals surface area contributed by atoms with Crippen molar-refractivity contribution < 1.29 is 4.79 Å². The highest BCUT2D eigenvalue weighted by Crippen LogP contribution is 2.27. The highest BCUT2D eigenvalue weighted by molar-refractivity contribution is 14.0. The van der Waals surface area contributed by atoms with Crippen LogP contribution >= 0.6 is 24.0 Å². The summed E-state index contributed by atoms with van der Waals surface area (Å²) in [5, 5.41) is 3.41. The third kappa shape index (κ3) is 7.15. The van der Waals surface area contributed by atoms with E-state index in [0.717, 1.165) is 51.1 Å². The summed E-state index contributed by atoms with van der Waals surface area (Å²) in [4.78, 5) is 20.5. The van der Waals surface area contributed by atoms with E-state index in [2.05, 4.69) is 17.1 Å². The summed E-state index contributed by atoms with van der Waals surface area (Å²) in [7, 11) is 0. The van der Waals surface area contributed by atoms with Gasteiger partial charge in [0.2, 0.25) is 5.91 Å². The number of hydrogen-bond donors (Lipinski definition) is 1. The topological polar surface area (TPSA) is 47.9 Å². The van der Waals surface area contributed by atoms with E-state index in [1.807, 2.05) is 4.90 Å². The molecule has 0 unspecified atom stereocenters. The minimum absolute atomic E-state index is 0. The first-order valence-electron chi connectivity index (χ1n) is 9.49. The number of nitrogens with one attached hydrogen (secondary N) is 1. The van der Waals surface area contributed by atoms with Crippen molar-refractivity contribution in [3.8, 4) is 0 Å². The summed E-state index contributed by atoms with van der Waals surface area (Å²) in [6.07, 6.45) is 9.68. The van der Waals surface area contributed by atoms with E-state index in [9.17, 15) is 4.79 Å². The van der Waals surface area contributed by atoms with Gasteiger partial charge in [-0.3, -0.25) is 9.79 Å². The number of carbonyl (C=O) groups is 1. The van der Waals surface area contributed by atoms with E-state index < -0.39 is 0 Å². The maximum absolute atomic E-state index is 11.4. The predicted molar refractivity (Wildman–Crippen MR) is 111 cm³/mol. The van der Waals surface area contributed by atoms with Crippen molar-refractivity contribution in [2.24, 2.45) is 10.9 Å². The average molecular weight is 450 g/mol. The largest absolute Gasteiger partial charge is 0.357 e. The van der Waals surface area contributed by atoms with Crippen LogP contribution in [0.4, 0.5) is 0 Å². The molecule has 1 aliphatic heterocycles. The Labute approximate surface area is 164 Å². The summed E-state index contributed by atoms with van der Waals surface area (Å²) in [5.41, 5.74) is 0. The predicted octanol–water partition coefficient (Wildman–Crippen LogP) is 3.09. The van der Waals surface area contributed by atoms with Crippen LogP contribution in [0.3, 0.4) is 0 Å². The molecule has 2 rings (SSSR count). The maximum atomic E-state index is 11.4. The van der Waals surface area contributed by atoms with Crippen molar-refractivity contribution in [1.82, 2.24) is 15.1 Å². The van der Waals surface area contributed by atoms with Gasteiger partial charge in [0, 0.05) is 46.2 Å². The monoisotopic (exact) mass is 450 g/mol. The van der Waals surface area contributed by atoms with Crippen molar-refractivity contribution in [2.45, 2.75) is 58.8 Å². The third-order valence-electron chi connectivity index (χ3n) is 5.12. The molecule has 1 heterocycles. The van der Waals surface area contributed by atoms with Crippen LogP contribution in [0.25, 0.3) is 0 Å². The van der Waals surface area contributed by atoms with Crippen LogP contribution in [0.2, 0.25) is 0 Å². The molecule has 1 N–H and O–H groups in total. The lowest BCUT2D eigenvalue weighted by atomic mass is 9.86. The van der Waals surface area contributed by atoms with Crippen LogP contribution in [0, 0.1) is 5.92 Å². The summed E-state index contributed by atoms with van der Waals surface area (Å²) < 4.78 is 0. The Morgan fingerprint density at radius 2 is 1.71 bits per heavy atom. The van der Waals surface area contributed by atoms with E-state index in [1.54, 1.807) is 6.92 Å². The molecule has 1 amide bonds. The molecule has 0 radical (unpaired) electrons. The van der Waals surface area contributed by atoms with E-state index in [-0.39, 0.29) is 29.9 Å². The molecule has 0 aromatic rings. The summed E-state index contributed by atoms with van der Waals surface area (Å²) in [6, 6.07) is 0. The Hall–Kier alpha value is -0.530. The van der Waals surface area contributed by atoms with Gasteiger partial charge in [0.25, 0.3) is 0 Å². The second kappa shape index (κ2) is 11.9. The molecule has 2 fully saturated rings. The van der Waals surface area contributed by atoms with Gasteiger partial charge in [-0.25, -0.2) is 0 Å². The number of aliphatic imine (C=N–C) groups is 1. The van der Waals surface area contributed by atoms with Crippen LogP contribution in [0.1, 0.15) is 58.8 Å². The summed E-state index contributed by atoms with van der Waals surface area (Å²) >= 11 is 0. The zero-order chi connectivity index (χ0) is 16.5. The van der Waals surface area contributed by atoms with Gasteiger partial charge >= 0.3 is 0 Å². The molecule has 1 saturated carbocycles. The first-order valence-corrected chi connectivity index (χ1v) is 9.49. The van der Waals surface area contributed by atoms with E-state index >= 15 is 0 Å². The highest BCUT2D eigenvalue weighted by Gasteiger charge is 2.20. The van der Waals surface area contributed by atoms with E-state index in [1.165, 1.54) is 44.9 Å². The summed E-state index contributed by atoms with van der Waals surface area (Å²) in [6.45, 7) is 8.97. The van der Waals surface area contributed by atoms with Gasteiger partial charge in [0.1, 0.15) is 0 Å². The molecular weight excluding hydrogens is 415 g/mol. The molecule has 0 bridgehead atoms. The first-order chi connectivity index (χ1) is 11.2. The second-order valence-corrected chi connectivity index (χ2v) is 6.88. The standard InChI is InChI=1S/C18H34N4O.HI/c1-3-19-18(22-14-12-21(13-15-22)16(2)23)20-11-7-10-17-8-5-4-6-9-17;/h17H,3-15H2,1-2H3,(H,19,20);1H. The number of carbonyl (C=O) groups excluding carboxylic acids is 1. The number of halogens is 1. The average Bonchev–Trinajstić information content (AvgIpc) is 2.58. The molecule has 1 saturated heterocycles. The van der Waals surface area contributed by atoms with Crippen LogP contribution in [-0.2, 0) is 4.79 Å². The molecule has 0 atom stereocenters. The lowest BCUT2D eigenvalue weighted by molar-refractivity contribution is -0.130. The van der Waals surface area contributed by atoms with Gasteiger partial charge in [0.15, 0.2) is 5.96 Å². The van der Waals surface area contributed by atoms with Crippen molar-refractivity contribution in [2.75, 3.05) is 39.3 Å². The molecule has 24 heavy (non-hydrogen) atoms. The van der Waals surface area contributed by atoms with Crippen molar-refractivity contribution in [3.63, 3.8) is 0 Å². The zero-order valence-corrected chi connectivity index (χ0v) is 17.8. The van der Waals surface area contributed by atoms with Gasteiger partial charge in [-0.1, -0.05) is 32.1 Å². The van der Waals surface area contributed by atoms with Crippen LogP contribution in [-0.4, -0.2) is 60.9 Å². The molecule has 0 spiro atoms. The van der Waals surface area contributed by atoms with Crippen LogP contribution in [0.15, 0.2) is 4.99 Å². The Balaban J connectivity index is 0.00000288. The van der Waals surface area contributed by atoms with Crippen molar-refractivity contribution in [3.05, 3.63) is 0 Å². The number of guanidine groups is 1. The Morgan fingerprint density at radius 1 is 1.08 bits per heavy atom. The van der Waals surface area contributed by atoms with Gasteiger partial charge < -0.3 is 15.1 Å². The molecule has 6 heteroatoms. The number of amides is 1. The third-order valence-corrected chi connectivity index (χ3v) is 5.12. The highest BCUT2D eigenvalue weighted by atomic mass is 127. The van der Waals surface area contributed by atoms with Crippen molar-refractivity contribution in [1.29, 1.82) is 0 Å². The fourth-order valence-corrected chi connectivity index (χ4v) is 3.70. The Morgan fingerprint density at radius 3 is 2.29 bits per heavy atom. The molecular formula is C18H35IN4O. The lowest BCUT2D eigenvalue weighted by Gasteiger charge is -2.36. The minimum Gasteiger partial charge on any atom is -0.357 e. The summed E-state index contributed by atoms with van der Waals surface area (Å²) in [5.74, 6) is 2.15. The fraction of sp³-hybridized carbons (Fsp3) is 0.889. The zero-order valence-electron chi connectivity index (χ0n) is 15.4. The second-order valence-electron chi connectivity index (χ2n) is 6.88. The lowest BCUT2D eigenvalue weighted by Crippen LogP contribution is -2.53. The van der Waals surface area contributed by atoms with Crippen LogP contribution in [0.5, 0.6) is 0 Å². The molecule has 5 nitrogen and oxygen atoms in total. The van der Waals surface area contributed by atoms with Gasteiger partial charge in [-0.15, -0.1) is 24.0 Å². The number of hydrogen-bond acceptors (Lipinski definition) is 2. The maximum Gasteiger partial charge on any atom is 0.219 e. The van der Waals surface area contributed by atoms with Gasteiger partial charge in [-0.2, -0.15) is 0 Å². The number of piperazine rings is 1. The molecule has 0 aromatic heterocycles. The first kappa shape index (κ1) is 21.5. The molecule has 140 valence electrons. The molecule has 1 aliphatic carbocycles. The molecule has 2 aliphatic rings. The van der Waals surface area contributed by atoms with Gasteiger partial charge in [0.05, 0.1) is 0 Å². The quantitative estimate of drug-likeness (QED) is 0.303. The number of nitrogens with zero attached hydrogens (tertiary/aromatic N) is 3. The van der Waals surface area contributed by atoms with Crippen molar-refractivity contribution >= 4 is 35.8 Å². The Bertz CT molecular complexity index is 388. The number of rotatable bonds is 5. The van der Waals surface area contributed by atoms with E-state index in [4.69, 9.17) is 4.99 Å².